The van der Waals surface area contributed by atoms with E-state index in [0.29, 0.717) is 0 Å². The van der Waals surface area contributed by atoms with Gasteiger partial charge < -0.3 is 26.6 Å². The lowest BCUT2D eigenvalue weighted by Crippen LogP contribution is -2.19. The fraction of sp³-hybridized carbons (Fsp3) is 0. The molecular weight excluding hydrogens is 262 g/mol. The van der Waals surface area contributed by atoms with Crippen LogP contribution >= 0.6 is 0 Å². The molecule has 0 saturated heterocycles. The van der Waals surface area contributed by atoms with Gasteiger partial charge in [0.1, 0.15) is 0 Å². The quantitative estimate of drug-likeness (QED) is 0.523. The molecule has 102 valence electrons. The second kappa shape index (κ2) is 5.60. The molecule has 0 aromatic heterocycles. The number of rotatable bonds is 4. The Balaban J connectivity index is 0.00000324. The van der Waals surface area contributed by atoms with Crippen molar-refractivity contribution >= 4 is 23.9 Å². The molecule has 0 fully saturated rings. The van der Waals surface area contributed by atoms with E-state index in [0.717, 1.165) is 12.1 Å². The molecule has 0 amide bonds. The molecule has 0 unspecified atom stereocenters. The summed E-state index contributed by atoms with van der Waals surface area (Å²) in [6.45, 7) is 0. The standard InChI is InChI=1S/C10H6O8.H3N/c11-7(12)3-1-2-4(8(13)14)6(10(17)18)5(3)9(15)16;/h1-2H,(H,11,12)(H,13,14)(H,15,16)(H,17,18);1H3. The zero-order valence-corrected chi connectivity index (χ0v) is 9.28. The lowest BCUT2D eigenvalue weighted by atomic mass is 9.95. The summed E-state index contributed by atoms with van der Waals surface area (Å²) in [7, 11) is 0. The van der Waals surface area contributed by atoms with Gasteiger partial charge in [0, 0.05) is 0 Å². The third kappa shape index (κ3) is 2.84. The SMILES string of the molecule is N.O=C(O)c1ccc(C(=O)O)c(C(=O)O)c1C(=O)O. The van der Waals surface area contributed by atoms with Gasteiger partial charge in [-0.15, -0.1) is 0 Å². The molecule has 0 aliphatic heterocycles. The summed E-state index contributed by atoms with van der Waals surface area (Å²) in [5.41, 5.74) is -3.69. The van der Waals surface area contributed by atoms with Crippen LogP contribution < -0.4 is 6.15 Å². The van der Waals surface area contributed by atoms with Crippen molar-refractivity contribution in [2.24, 2.45) is 0 Å². The van der Waals surface area contributed by atoms with Gasteiger partial charge >= 0.3 is 23.9 Å². The van der Waals surface area contributed by atoms with Crippen LogP contribution in [0.25, 0.3) is 0 Å². The Morgan fingerprint density at radius 3 is 1.05 bits per heavy atom. The molecule has 7 N–H and O–H groups in total. The zero-order chi connectivity index (χ0) is 14.0. The summed E-state index contributed by atoms with van der Waals surface area (Å²) < 4.78 is 0. The maximum absolute atomic E-state index is 10.9. The molecule has 9 heteroatoms. The molecule has 0 atom stereocenters. The van der Waals surface area contributed by atoms with Crippen LogP contribution in [0.5, 0.6) is 0 Å². The Kier molecular flexibility index (Phi) is 4.73. The Morgan fingerprint density at radius 2 is 0.895 bits per heavy atom. The van der Waals surface area contributed by atoms with Crippen LogP contribution in [0.15, 0.2) is 12.1 Å². The van der Waals surface area contributed by atoms with Gasteiger partial charge in [-0.3, -0.25) is 0 Å². The third-order valence-electron chi connectivity index (χ3n) is 2.09. The van der Waals surface area contributed by atoms with Crippen LogP contribution in [0, 0.1) is 0 Å². The summed E-state index contributed by atoms with van der Waals surface area (Å²) in [6.07, 6.45) is 0. The molecule has 0 aliphatic carbocycles. The van der Waals surface area contributed by atoms with Gasteiger partial charge in [0.05, 0.1) is 22.3 Å². The number of benzene rings is 1. The van der Waals surface area contributed by atoms with Crippen molar-refractivity contribution in [1.29, 1.82) is 0 Å². The first-order valence-corrected chi connectivity index (χ1v) is 4.37. The van der Waals surface area contributed by atoms with Crippen molar-refractivity contribution in [2.75, 3.05) is 0 Å². The Labute approximate surface area is 105 Å². The first-order valence-electron chi connectivity index (χ1n) is 4.37. The molecule has 1 aromatic carbocycles. The van der Waals surface area contributed by atoms with E-state index in [2.05, 4.69) is 0 Å². The lowest BCUT2D eigenvalue weighted by molar-refractivity contribution is 0.0619. The summed E-state index contributed by atoms with van der Waals surface area (Å²) in [6, 6.07) is 1.48. The van der Waals surface area contributed by atoms with E-state index in [9.17, 15) is 19.2 Å². The molecule has 0 saturated carbocycles. The predicted octanol–water partition coefficient (Wildman–Crippen LogP) is 0.641. The van der Waals surface area contributed by atoms with E-state index in [1.165, 1.54) is 0 Å². The van der Waals surface area contributed by atoms with E-state index in [1.807, 2.05) is 0 Å². The van der Waals surface area contributed by atoms with E-state index in [1.54, 1.807) is 0 Å². The number of hydrogen-bond acceptors (Lipinski definition) is 5. The molecule has 9 nitrogen and oxygen atoms in total. The van der Waals surface area contributed by atoms with E-state index in [-0.39, 0.29) is 6.15 Å². The summed E-state index contributed by atoms with van der Waals surface area (Å²) >= 11 is 0. The molecule has 0 bridgehead atoms. The lowest BCUT2D eigenvalue weighted by Gasteiger charge is -2.08. The molecule has 0 aliphatic rings. The molecule has 1 aromatic rings. The molecular formula is C10H9NO8. The highest BCUT2D eigenvalue weighted by Crippen LogP contribution is 2.20. The Morgan fingerprint density at radius 1 is 0.632 bits per heavy atom. The third-order valence-corrected chi connectivity index (χ3v) is 2.09. The smallest absolute Gasteiger partial charge is 0.337 e. The van der Waals surface area contributed by atoms with Gasteiger partial charge in [0.15, 0.2) is 0 Å². The Hall–Kier alpha value is -2.94. The molecule has 0 spiro atoms. The highest BCUT2D eigenvalue weighted by Gasteiger charge is 2.29. The van der Waals surface area contributed by atoms with Crippen molar-refractivity contribution in [3.8, 4) is 0 Å². The van der Waals surface area contributed by atoms with Crippen molar-refractivity contribution in [1.82, 2.24) is 6.15 Å². The van der Waals surface area contributed by atoms with Crippen molar-refractivity contribution < 1.29 is 39.6 Å². The van der Waals surface area contributed by atoms with E-state index in [4.69, 9.17) is 20.4 Å². The predicted molar refractivity (Wildman–Crippen MR) is 59.3 cm³/mol. The molecule has 0 radical (unpaired) electrons. The van der Waals surface area contributed by atoms with Crippen LogP contribution in [-0.2, 0) is 0 Å². The fourth-order valence-electron chi connectivity index (χ4n) is 1.40. The zero-order valence-electron chi connectivity index (χ0n) is 9.28. The first kappa shape index (κ1) is 16.1. The van der Waals surface area contributed by atoms with Crippen molar-refractivity contribution in [3.05, 3.63) is 34.4 Å². The number of aromatic carboxylic acids is 4. The minimum absolute atomic E-state index is 0. The van der Waals surface area contributed by atoms with Crippen LogP contribution in [-0.4, -0.2) is 44.3 Å². The van der Waals surface area contributed by atoms with Crippen molar-refractivity contribution in [2.45, 2.75) is 0 Å². The second-order valence-electron chi connectivity index (χ2n) is 3.13. The summed E-state index contributed by atoms with van der Waals surface area (Å²) in [4.78, 5) is 43.4. The minimum Gasteiger partial charge on any atom is -0.478 e. The highest BCUT2D eigenvalue weighted by atomic mass is 16.4. The monoisotopic (exact) mass is 271 g/mol. The Bertz CT molecular complexity index is 526. The van der Waals surface area contributed by atoms with Gasteiger partial charge in [-0.25, -0.2) is 19.2 Å². The van der Waals surface area contributed by atoms with Crippen molar-refractivity contribution in [3.63, 3.8) is 0 Å². The number of hydrogen-bond donors (Lipinski definition) is 5. The van der Waals surface area contributed by atoms with Gasteiger partial charge in [0.25, 0.3) is 0 Å². The highest BCUT2D eigenvalue weighted by molar-refractivity contribution is 6.13. The first-order chi connectivity index (χ1) is 8.27. The number of carbonyl (C=O) groups is 4. The average Bonchev–Trinajstić information content (AvgIpc) is 2.26. The molecule has 19 heavy (non-hydrogen) atoms. The van der Waals surface area contributed by atoms with Gasteiger partial charge in [-0.1, -0.05) is 0 Å². The number of carboxylic acids is 4. The minimum atomic E-state index is -1.83. The van der Waals surface area contributed by atoms with Gasteiger partial charge in [-0.2, -0.15) is 0 Å². The second-order valence-corrected chi connectivity index (χ2v) is 3.13. The van der Waals surface area contributed by atoms with Crippen LogP contribution in [0.1, 0.15) is 41.4 Å². The fourth-order valence-corrected chi connectivity index (χ4v) is 1.40. The largest absolute Gasteiger partial charge is 0.478 e. The average molecular weight is 271 g/mol. The van der Waals surface area contributed by atoms with Gasteiger partial charge in [-0.05, 0) is 12.1 Å². The van der Waals surface area contributed by atoms with Crippen LogP contribution in [0.4, 0.5) is 0 Å². The maximum atomic E-state index is 10.9. The van der Waals surface area contributed by atoms with Crippen LogP contribution in [0.3, 0.4) is 0 Å². The van der Waals surface area contributed by atoms with E-state index >= 15 is 0 Å². The van der Waals surface area contributed by atoms with Gasteiger partial charge in [0.2, 0.25) is 0 Å². The molecule has 1 rings (SSSR count). The topological polar surface area (TPSA) is 184 Å². The maximum Gasteiger partial charge on any atom is 0.337 e. The normalized spacial score (nSPS) is 9.26. The van der Waals surface area contributed by atoms with Crippen LogP contribution in [0.2, 0.25) is 0 Å². The van der Waals surface area contributed by atoms with E-state index < -0.39 is 46.1 Å². The summed E-state index contributed by atoms with van der Waals surface area (Å²) in [5.74, 6) is -6.97. The number of carboxylic acid groups (broad SMARTS) is 4. The summed E-state index contributed by atoms with van der Waals surface area (Å²) in [5, 5.41) is 35.2. The molecule has 0 heterocycles.